The number of rotatable bonds is 3. The van der Waals surface area contributed by atoms with Crippen molar-refractivity contribution in [3.8, 4) is 0 Å². The Morgan fingerprint density at radius 2 is 1.31 bits per heavy atom. The van der Waals surface area contributed by atoms with Gasteiger partial charge in [0.2, 0.25) is 5.91 Å². The fourth-order valence-electron chi connectivity index (χ4n) is 2.41. The zero-order valence-electron chi connectivity index (χ0n) is 16.8. The maximum Gasteiger partial charge on any atom is 0.269 e. The van der Waals surface area contributed by atoms with Crippen molar-refractivity contribution >= 4 is 40.7 Å². The summed E-state index contributed by atoms with van der Waals surface area (Å²) >= 11 is 4.84. The van der Waals surface area contributed by atoms with Crippen LogP contribution in [0.3, 0.4) is 0 Å². The maximum atomic E-state index is 12.4. The highest BCUT2D eigenvalue weighted by Crippen LogP contribution is 2.22. The highest BCUT2D eigenvalue weighted by molar-refractivity contribution is 7.80. The SMILES string of the molecule is CC(=O)NC(=S)NNC(=O)c1ccc(NC(=O)c2ccc(C(C)(C)C)cc2)cc1. The van der Waals surface area contributed by atoms with Gasteiger partial charge in [-0.3, -0.25) is 25.2 Å². The van der Waals surface area contributed by atoms with Crippen LogP contribution in [0.1, 0.15) is 54.0 Å². The van der Waals surface area contributed by atoms with Gasteiger partial charge in [-0.15, -0.1) is 0 Å². The van der Waals surface area contributed by atoms with Gasteiger partial charge in [0.15, 0.2) is 5.11 Å². The van der Waals surface area contributed by atoms with Gasteiger partial charge >= 0.3 is 0 Å². The van der Waals surface area contributed by atoms with Crippen molar-refractivity contribution in [1.29, 1.82) is 0 Å². The number of amides is 3. The summed E-state index contributed by atoms with van der Waals surface area (Å²) in [7, 11) is 0. The van der Waals surface area contributed by atoms with Gasteiger partial charge in [-0.1, -0.05) is 32.9 Å². The molecule has 0 saturated carbocycles. The Kier molecular flexibility index (Phi) is 7.06. The first kappa shape index (κ1) is 22.0. The van der Waals surface area contributed by atoms with Crippen LogP contribution in [0.25, 0.3) is 0 Å². The van der Waals surface area contributed by atoms with E-state index in [1.165, 1.54) is 6.92 Å². The Hall–Kier alpha value is -3.26. The molecule has 8 heteroatoms. The molecule has 0 atom stereocenters. The van der Waals surface area contributed by atoms with Gasteiger partial charge in [-0.05, 0) is 59.6 Å². The van der Waals surface area contributed by atoms with Gasteiger partial charge in [0.25, 0.3) is 11.8 Å². The van der Waals surface area contributed by atoms with Crippen LogP contribution < -0.4 is 21.5 Å². The van der Waals surface area contributed by atoms with Gasteiger partial charge in [0.1, 0.15) is 0 Å². The number of hydrogen-bond acceptors (Lipinski definition) is 4. The first-order valence-corrected chi connectivity index (χ1v) is 9.37. The van der Waals surface area contributed by atoms with Crippen LogP contribution in [0.15, 0.2) is 48.5 Å². The summed E-state index contributed by atoms with van der Waals surface area (Å²) < 4.78 is 0. The lowest BCUT2D eigenvalue weighted by Crippen LogP contribution is -2.47. The lowest BCUT2D eigenvalue weighted by Gasteiger charge is -2.19. The summed E-state index contributed by atoms with van der Waals surface area (Å²) in [6.07, 6.45) is 0. The molecule has 29 heavy (non-hydrogen) atoms. The number of carbonyl (C=O) groups excluding carboxylic acids is 3. The Labute approximate surface area is 175 Å². The summed E-state index contributed by atoms with van der Waals surface area (Å²) in [4.78, 5) is 35.4. The normalized spacial score (nSPS) is 10.6. The van der Waals surface area contributed by atoms with Gasteiger partial charge in [0, 0.05) is 23.7 Å². The van der Waals surface area contributed by atoms with E-state index in [0.717, 1.165) is 5.56 Å². The number of nitrogens with one attached hydrogen (secondary N) is 4. The van der Waals surface area contributed by atoms with Crippen LogP contribution in [-0.4, -0.2) is 22.8 Å². The highest BCUT2D eigenvalue weighted by atomic mass is 32.1. The van der Waals surface area contributed by atoms with Crippen molar-refractivity contribution in [2.45, 2.75) is 33.1 Å². The molecule has 0 aliphatic heterocycles. The second kappa shape index (κ2) is 9.29. The molecule has 0 saturated heterocycles. The molecule has 0 heterocycles. The van der Waals surface area contributed by atoms with E-state index in [2.05, 4.69) is 42.3 Å². The molecular formula is C21H24N4O3S. The minimum Gasteiger partial charge on any atom is -0.322 e. The first-order chi connectivity index (χ1) is 13.6. The Morgan fingerprint density at radius 3 is 1.83 bits per heavy atom. The fraction of sp³-hybridized carbons (Fsp3) is 0.238. The van der Waals surface area contributed by atoms with E-state index >= 15 is 0 Å². The lowest BCUT2D eigenvalue weighted by atomic mass is 9.87. The number of thiocarbonyl (C=S) groups is 1. The second-order valence-corrected chi connectivity index (χ2v) is 7.86. The summed E-state index contributed by atoms with van der Waals surface area (Å²) in [5.41, 5.74) is 7.44. The Balaban J connectivity index is 1.94. The van der Waals surface area contributed by atoms with E-state index in [1.807, 2.05) is 12.1 Å². The highest BCUT2D eigenvalue weighted by Gasteiger charge is 2.14. The van der Waals surface area contributed by atoms with E-state index in [-0.39, 0.29) is 22.3 Å². The molecular weight excluding hydrogens is 388 g/mol. The zero-order chi connectivity index (χ0) is 21.6. The van der Waals surface area contributed by atoms with Gasteiger partial charge in [0.05, 0.1) is 0 Å². The minimum atomic E-state index is -0.437. The van der Waals surface area contributed by atoms with E-state index in [1.54, 1.807) is 36.4 Å². The van der Waals surface area contributed by atoms with Crippen LogP contribution in [0.4, 0.5) is 5.69 Å². The van der Waals surface area contributed by atoms with Crippen molar-refractivity contribution in [2.24, 2.45) is 0 Å². The molecule has 0 aliphatic rings. The monoisotopic (exact) mass is 412 g/mol. The van der Waals surface area contributed by atoms with Gasteiger partial charge < -0.3 is 10.6 Å². The smallest absolute Gasteiger partial charge is 0.269 e. The standard InChI is InChI=1S/C21H24N4O3S/c1-13(26)22-20(29)25-24-19(28)15-7-11-17(12-8-15)23-18(27)14-5-9-16(10-6-14)21(2,3)4/h5-12H,1-4H3,(H,23,27)(H,24,28)(H2,22,25,26,29). The van der Waals surface area contributed by atoms with E-state index in [9.17, 15) is 14.4 Å². The number of benzene rings is 2. The summed E-state index contributed by atoms with van der Waals surface area (Å²) in [6, 6.07) is 13.9. The topological polar surface area (TPSA) is 99.3 Å². The molecule has 0 radical (unpaired) electrons. The lowest BCUT2D eigenvalue weighted by molar-refractivity contribution is -0.117. The van der Waals surface area contributed by atoms with E-state index in [4.69, 9.17) is 12.2 Å². The van der Waals surface area contributed by atoms with Crippen LogP contribution in [0, 0.1) is 0 Å². The molecule has 0 fully saturated rings. The average molecular weight is 413 g/mol. The fourth-order valence-corrected chi connectivity index (χ4v) is 2.60. The maximum absolute atomic E-state index is 12.4. The third kappa shape index (κ3) is 6.69. The number of hydrazine groups is 1. The second-order valence-electron chi connectivity index (χ2n) is 7.45. The third-order valence-electron chi connectivity index (χ3n) is 4.00. The quantitative estimate of drug-likeness (QED) is 0.459. The Morgan fingerprint density at radius 1 is 0.793 bits per heavy atom. The summed E-state index contributed by atoms with van der Waals surface area (Å²) in [5, 5.41) is 5.12. The summed E-state index contributed by atoms with van der Waals surface area (Å²) in [5.74, 6) is -1.01. The molecule has 2 aromatic carbocycles. The zero-order valence-corrected chi connectivity index (χ0v) is 17.6. The molecule has 0 unspecified atom stereocenters. The number of anilines is 1. The third-order valence-corrected chi connectivity index (χ3v) is 4.20. The van der Waals surface area contributed by atoms with Crippen molar-refractivity contribution in [1.82, 2.24) is 16.2 Å². The largest absolute Gasteiger partial charge is 0.322 e. The predicted octanol–water partition coefficient (Wildman–Crippen LogP) is 2.89. The number of carbonyl (C=O) groups is 3. The van der Waals surface area contributed by atoms with E-state index in [0.29, 0.717) is 16.8 Å². The van der Waals surface area contributed by atoms with Crippen molar-refractivity contribution in [3.63, 3.8) is 0 Å². The molecule has 0 bridgehead atoms. The summed E-state index contributed by atoms with van der Waals surface area (Å²) in [6.45, 7) is 7.65. The molecule has 0 aliphatic carbocycles. The van der Waals surface area contributed by atoms with Gasteiger partial charge in [-0.25, -0.2) is 0 Å². The van der Waals surface area contributed by atoms with Crippen molar-refractivity contribution in [2.75, 3.05) is 5.32 Å². The molecule has 2 aromatic rings. The first-order valence-electron chi connectivity index (χ1n) is 8.96. The van der Waals surface area contributed by atoms with Crippen LogP contribution >= 0.6 is 12.2 Å². The van der Waals surface area contributed by atoms with Crippen LogP contribution in [0.5, 0.6) is 0 Å². The molecule has 0 spiro atoms. The van der Waals surface area contributed by atoms with Crippen LogP contribution in [-0.2, 0) is 10.2 Å². The van der Waals surface area contributed by atoms with Crippen molar-refractivity contribution in [3.05, 3.63) is 65.2 Å². The minimum absolute atomic E-state index is 0.00721. The van der Waals surface area contributed by atoms with E-state index < -0.39 is 5.91 Å². The average Bonchev–Trinajstić information content (AvgIpc) is 2.65. The van der Waals surface area contributed by atoms with Crippen molar-refractivity contribution < 1.29 is 14.4 Å². The van der Waals surface area contributed by atoms with Gasteiger partial charge in [-0.2, -0.15) is 0 Å². The molecule has 7 nitrogen and oxygen atoms in total. The predicted molar refractivity (Wildman–Crippen MR) is 117 cm³/mol. The molecule has 2 rings (SSSR count). The molecule has 0 aromatic heterocycles. The number of hydrogen-bond donors (Lipinski definition) is 4. The molecule has 3 amide bonds. The van der Waals surface area contributed by atoms with Crippen LogP contribution in [0.2, 0.25) is 0 Å². The molecule has 4 N–H and O–H groups in total. The molecule has 152 valence electrons. The Bertz CT molecular complexity index is 916.